The number of nitrogens with zero attached hydrogens (tertiary/aromatic N) is 2. The molecule has 1 aromatic heterocycles. The minimum Gasteiger partial charge on any atom is -0.474 e. The van der Waals surface area contributed by atoms with E-state index in [1.807, 2.05) is 42.8 Å². The van der Waals surface area contributed by atoms with E-state index in [9.17, 15) is 0 Å². The lowest BCUT2D eigenvalue weighted by molar-refractivity contribution is 0.230. The minimum atomic E-state index is 0.112. The van der Waals surface area contributed by atoms with Gasteiger partial charge in [-0.25, -0.2) is 0 Å². The van der Waals surface area contributed by atoms with Crippen LogP contribution in [0.2, 0.25) is 0 Å². The van der Waals surface area contributed by atoms with Gasteiger partial charge < -0.3 is 9.84 Å². The molecule has 4 nitrogen and oxygen atoms in total. The third-order valence-electron chi connectivity index (χ3n) is 2.96. The average Bonchev–Trinajstić information content (AvgIpc) is 2.78. The lowest BCUT2D eigenvalue weighted by atomic mass is 10.2. The molecule has 2 rings (SSSR count). The lowest BCUT2D eigenvalue weighted by Crippen LogP contribution is -2.08. The van der Waals surface area contributed by atoms with Crippen LogP contribution < -0.4 is 4.74 Å². The van der Waals surface area contributed by atoms with Crippen molar-refractivity contribution in [1.82, 2.24) is 9.78 Å². The summed E-state index contributed by atoms with van der Waals surface area (Å²) in [5.41, 5.74) is 2.30. The molecule has 108 valence electrons. The van der Waals surface area contributed by atoms with Gasteiger partial charge in [0.25, 0.3) is 0 Å². The number of aliphatic hydroxyl groups excluding tert-OH is 1. The molecule has 0 aliphatic carbocycles. The molecule has 0 aliphatic heterocycles. The molecule has 1 N–H and O–H groups in total. The summed E-state index contributed by atoms with van der Waals surface area (Å²) < 4.78 is 7.62. The van der Waals surface area contributed by atoms with Crippen LogP contribution in [0.3, 0.4) is 0 Å². The Morgan fingerprint density at radius 2 is 2.00 bits per heavy atom. The van der Waals surface area contributed by atoms with Gasteiger partial charge in [0, 0.05) is 18.4 Å². The second-order valence-electron chi connectivity index (χ2n) is 5.11. The SMILES string of the molecule is CC(C)Oc1cc(CCCO)n(Cc2ccccc2)n1. The van der Waals surface area contributed by atoms with E-state index in [0.29, 0.717) is 5.88 Å². The maximum absolute atomic E-state index is 9.00. The Labute approximate surface area is 120 Å². The van der Waals surface area contributed by atoms with E-state index in [2.05, 4.69) is 17.2 Å². The number of hydrogen-bond acceptors (Lipinski definition) is 3. The molecule has 0 atom stereocenters. The van der Waals surface area contributed by atoms with Gasteiger partial charge in [-0.3, -0.25) is 4.68 Å². The molecule has 0 amide bonds. The van der Waals surface area contributed by atoms with Gasteiger partial charge >= 0.3 is 0 Å². The summed E-state index contributed by atoms with van der Waals surface area (Å²) in [4.78, 5) is 0. The van der Waals surface area contributed by atoms with E-state index >= 15 is 0 Å². The quantitative estimate of drug-likeness (QED) is 0.844. The smallest absolute Gasteiger partial charge is 0.233 e. The fourth-order valence-corrected chi connectivity index (χ4v) is 2.08. The standard InChI is InChI=1S/C16H22N2O2/c1-13(2)20-16-11-15(9-6-10-19)18(17-16)12-14-7-4-3-5-8-14/h3-5,7-8,11,13,19H,6,9-10,12H2,1-2H3. The second kappa shape index (κ2) is 7.10. The first-order valence-corrected chi connectivity index (χ1v) is 7.07. The highest BCUT2D eigenvalue weighted by Gasteiger charge is 2.10. The number of aryl methyl sites for hydroxylation is 1. The van der Waals surface area contributed by atoms with Crippen LogP contribution in [0, 0.1) is 0 Å². The number of ether oxygens (including phenoxy) is 1. The summed E-state index contributed by atoms with van der Waals surface area (Å²) in [5.74, 6) is 0.656. The molecular formula is C16H22N2O2. The van der Waals surface area contributed by atoms with E-state index in [0.717, 1.165) is 25.1 Å². The van der Waals surface area contributed by atoms with Crippen LogP contribution in [0.15, 0.2) is 36.4 Å². The maximum atomic E-state index is 9.00. The summed E-state index contributed by atoms with van der Waals surface area (Å²) in [6.45, 7) is 4.90. The topological polar surface area (TPSA) is 47.3 Å². The second-order valence-corrected chi connectivity index (χ2v) is 5.11. The van der Waals surface area contributed by atoms with E-state index in [1.165, 1.54) is 5.56 Å². The van der Waals surface area contributed by atoms with Crippen LogP contribution in [-0.4, -0.2) is 27.6 Å². The molecule has 20 heavy (non-hydrogen) atoms. The Balaban J connectivity index is 2.17. The van der Waals surface area contributed by atoms with Crippen molar-refractivity contribution in [1.29, 1.82) is 0 Å². The molecule has 0 radical (unpaired) electrons. The van der Waals surface area contributed by atoms with Crippen LogP contribution in [0.4, 0.5) is 0 Å². The molecule has 1 heterocycles. The first-order valence-electron chi connectivity index (χ1n) is 7.07. The highest BCUT2D eigenvalue weighted by atomic mass is 16.5. The average molecular weight is 274 g/mol. The Morgan fingerprint density at radius 3 is 2.65 bits per heavy atom. The molecule has 0 bridgehead atoms. The van der Waals surface area contributed by atoms with E-state index in [1.54, 1.807) is 0 Å². The Hall–Kier alpha value is -1.81. The van der Waals surface area contributed by atoms with E-state index in [4.69, 9.17) is 9.84 Å². The number of aromatic nitrogens is 2. The summed E-state index contributed by atoms with van der Waals surface area (Å²) in [6.07, 6.45) is 1.65. The molecule has 0 saturated heterocycles. The van der Waals surface area contributed by atoms with Gasteiger partial charge in [0.05, 0.1) is 12.6 Å². The lowest BCUT2D eigenvalue weighted by Gasteiger charge is -2.07. The van der Waals surface area contributed by atoms with Crippen molar-refractivity contribution in [3.8, 4) is 5.88 Å². The molecule has 0 spiro atoms. The summed E-state index contributed by atoms with van der Waals surface area (Å²) >= 11 is 0. The van der Waals surface area contributed by atoms with Crippen molar-refractivity contribution in [2.45, 2.75) is 39.3 Å². The van der Waals surface area contributed by atoms with Crippen molar-refractivity contribution >= 4 is 0 Å². The monoisotopic (exact) mass is 274 g/mol. The Kier molecular flexibility index (Phi) is 5.18. The first-order chi connectivity index (χ1) is 9.69. The highest BCUT2D eigenvalue weighted by molar-refractivity contribution is 5.20. The van der Waals surface area contributed by atoms with E-state index < -0.39 is 0 Å². The minimum absolute atomic E-state index is 0.112. The van der Waals surface area contributed by atoms with Crippen molar-refractivity contribution in [2.24, 2.45) is 0 Å². The zero-order valence-corrected chi connectivity index (χ0v) is 12.1. The number of aliphatic hydroxyl groups is 1. The van der Waals surface area contributed by atoms with Gasteiger partial charge in [-0.1, -0.05) is 30.3 Å². The van der Waals surface area contributed by atoms with Gasteiger partial charge in [0.1, 0.15) is 0 Å². The molecule has 0 aliphatic rings. The third kappa shape index (κ3) is 4.10. The number of hydrogen-bond donors (Lipinski definition) is 1. The zero-order valence-electron chi connectivity index (χ0n) is 12.1. The Morgan fingerprint density at radius 1 is 1.25 bits per heavy atom. The molecular weight excluding hydrogens is 252 g/mol. The van der Waals surface area contributed by atoms with Crippen LogP contribution in [0.5, 0.6) is 5.88 Å². The molecule has 2 aromatic rings. The van der Waals surface area contributed by atoms with Gasteiger partial charge in [-0.05, 0) is 32.3 Å². The predicted molar refractivity (Wildman–Crippen MR) is 78.9 cm³/mol. The molecule has 1 aromatic carbocycles. The summed E-state index contributed by atoms with van der Waals surface area (Å²) in [6, 6.07) is 12.2. The number of rotatable bonds is 7. The maximum Gasteiger partial charge on any atom is 0.233 e. The summed E-state index contributed by atoms with van der Waals surface area (Å²) in [5, 5.41) is 13.5. The van der Waals surface area contributed by atoms with Crippen LogP contribution in [0.1, 0.15) is 31.5 Å². The Bertz CT molecular complexity index is 521. The van der Waals surface area contributed by atoms with Crippen molar-refractivity contribution < 1.29 is 9.84 Å². The van der Waals surface area contributed by atoms with Gasteiger partial charge in [-0.2, -0.15) is 0 Å². The predicted octanol–water partition coefficient (Wildman–Crippen LogP) is 2.64. The highest BCUT2D eigenvalue weighted by Crippen LogP contribution is 2.16. The largest absolute Gasteiger partial charge is 0.474 e. The van der Waals surface area contributed by atoms with Crippen molar-refractivity contribution in [2.75, 3.05) is 6.61 Å². The fourth-order valence-electron chi connectivity index (χ4n) is 2.08. The molecule has 4 heteroatoms. The van der Waals surface area contributed by atoms with Crippen LogP contribution in [-0.2, 0) is 13.0 Å². The van der Waals surface area contributed by atoms with Crippen molar-refractivity contribution in [3.63, 3.8) is 0 Å². The molecule has 0 fully saturated rings. The van der Waals surface area contributed by atoms with Gasteiger partial charge in [0.2, 0.25) is 5.88 Å². The summed E-state index contributed by atoms with van der Waals surface area (Å²) in [7, 11) is 0. The van der Waals surface area contributed by atoms with Crippen LogP contribution >= 0.6 is 0 Å². The van der Waals surface area contributed by atoms with Crippen LogP contribution in [0.25, 0.3) is 0 Å². The number of benzene rings is 1. The van der Waals surface area contributed by atoms with Gasteiger partial charge in [0.15, 0.2) is 0 Å². The zero-order chi connectivity index (χ0) is 14.4. The molecule has 0 unspecified atom stereocenters. The third-order valence-corrected chi connectivity index (χ3v) is 2.96. The van der Waals surface area contributed by atoms with Crippen molar-refractivity contribution in [3.05, 3.63) is 47.7 Å². The fraction of sp³-hybridized carbons (Fsp3) is 0.438. The van der Waals surface area contributed by atoms with E-state index in [-0.39, 0.29) is 12.7 Å². The first kappa shape index (κ1) is 14.6. The normalized spacial score (nSPS) is 11.0. The molecule has 0 saturated carbocycles. The van der Waals surface area contributed by atoms with Gasteiger partial charge in [-0.15, -0.1) is 5.10 Å².